The van der Waals surface area contributed by atoms with Gasteiger partial charge in [-0.2, -0.15) is 0 Å². The monoisotopic (exact) mass is 470 g/mol. The third kappa shape index (κ3) is 13.2. The SMILES string of the molecule is CCc1cccc(C)n1.Cc1cc(C)nc(C)c1.Cc1ccc(C)c(C)n1.Cc1cccc(C)n1. The van der Waals surface area contributed by atoms with Gasteiger partial charge in [0.2, 0.25) is 0 Å². The van der Waals surface area contributed by atoms with E-state index in [2.05, 4.69) is 58.9 Å². The third-order valence-corrected chi connectivity index (χ3v) is 5.05. The number of pyridine rings is 4. The highest BCUT2D eigenvalue weighted by Gasteiger charge is 1.91. The Labute approximate surface area is 213 Å². The lowest BCUT2D eigenvalue weighted by atomic mass is 10.2. The largest absolute Gasteiger partial charge is 0.258 e. The van der Waals surface area contributed by atoms with Crippen molar-refractivity contribution in [2.75, 3.05) is 0 Å². The molecule has 0 fully saturated rings. The van der Waals surface area contributed by atoms with Crippen LogP contribution in [0.2, 0.25) is 0 Å². The molecule has 186 valence electrons. The van der Waals surface area contributed by atoms with Crippen molar-refractivity contribution < 1.29 is 0 Å². The lowest BCUT2D eigenvalue weighted by Crippen LogP contribution is -1.87. The Bertz CT molecular complexity index is 1110. The Balaban J connectivity index is 0.000000234. The highest BCUT2D eigenvalue weighted by atomic mass is 14.7. The minimum atomic E-state index is 1.03. The van der Waals surface area contributed by atoms with Crippen LogP contribution in [0.4, 0.5) is 0 Å². The van der Waals surface area contributed by atoms with E-state index in [1.54, 1.807) is 0 Å². The van der Waals surface area contributed by atoms with Crippen LogP contribution in [0.25, 0.3) is 0 Å². The van der Waals surface area contributed by atoms with Crippen LogP contribution >= 0.6 is 0 Å². The maximum Gasteiger partial charge on any atom is 0.0404 e. The van der Waals surface area contributed by atoms with Crippen LogP contribution in [-0.4, -0.2) is 19.9 Å². The first-order valence-corrected chi connectivity index (χ1v) is 12.2. The van der Waals surface area contributed by atoms with Gasteiger partial charge in [0.25, 0.3) is 0 Å². The molecule has 0 bridgehead atoms. The fourth-order valence-electron chi connectivity index (χ4n) is 3.28. The predicted molar refractivity (Wildman–Crippen MR) is 149 cm³/mol. The molecule has 4 heteroatoms. The Morgan fingerprint density at radius 1 is 0.486 bits per heavy atom. The first-order valence-electron chi connectivity index (χ1n) is 12.2. The number of aryl methyl sites for hydroxylation is 10. The normalized spacial score (nSPS) is 9.54. The molecule has 4 rings (SSSR count). The minimum absolute atomic E-state index is 1.03. The minimum Gasteiger partial charge on any atom is -0.258 e. The van der Waals surface area contributed by atoms with Crippen LogP contribution in [0, 0.1) is 62.3 Å². The van der Waals surface area contributed by atoms with E-state index in [0.717, 1.165) is 46.3 Å². The molecular weight excluding hydrogens is 428 g/mol. The van der Waals surface area contributed by atoms with Crippen LogP contribution < -0.4 is 0 Å². The Hall–Kier alpha value is -3.40. The molecule has 0 saturated carbocycles. The zero-order valence-electron chi connectivity index (χ0n) is 23.3. The number of nitrogens with zero attached hydrogens (tertiary/aromatic N) is 4. The molecule has 4 aromatic heterocycles. The zero-order valence-corrected chi connectivity index (χ0v) is 23.3. The number of rotatable bonds is 1. The van der Waals surface area contributed by atoms with Gasteiger partial charge >= 0.3 is 0 Å². The smallest absolute Gasteiger partial charge is 0.0404 e. The van der Waals surface area contributed by atoms with Crippen molar-refractivity contribution in [2.45, 2.75) is 75.7 Å². The quantitative estimate of drug-likeness (QED) is 0.286. The van der Waals surface area contributed by atoms with E-state index < -0.39 is 0 Å². The molecule has 4 nitrogen and oxygen atoms in total. The van der Waals surface area contributed by atoms with Gasteiger partial charge in [0.15, 0.2) is 0 Å². The second kappa shape index (κ2) is 15.5. The summed E-state index contributed by atoms with van der Waals surface area (Å²) in [6, 6.07) is 20.4. The molecule has 0 unspecified atom stereocenters. The van der Waals surface area contributed by atoms with E-state index in [4.69, 9.17) is 0 Å². The summed E-state index contributed by atoms with van der Waals surface area (Å²) < 4.78 is 0. The van der Waals surface area contributed by atoms with Gasteiger partial charge in [-0.05, 0) is 122 Å². The summed E-state index contributed by atoms with van der Waals surface area (Å²) in [5, 5.41) is 0. The van der Waals surface area contributed by atoms with Crippen LogP contribution in [-0.2, 0) is 6.42 Å². The van der Waals surface area contributed by atoms with E-state index in [9.17, 15) is 0 Å². The highest BCUT2D eigenvalue weighted by molar-refractivity contribution is 5.19. The fraction of sp³-hybridized carbons (Fsp3) is 0.355. The Morgan fingerprint density at radius 3 is 1.29 bits per heavy atom. The summed E-state index contributed by atoms with van der Waals surface area (Å²) in [4.78, 5) is 17.0. The van der Waals surface area contributed by atoms with E-state index in [0.29, 0.717) is 0 Å². The standard InChI is InChI=1S/3C8H11N.C7H9N/c1-6-4-7(2)9-8(3)5-6;1-6-4-5-7(2)9-8(6)3;1-3-8-6-4-5-7(2)9-8;1-6-4-3-5-7(2)8-6/h2*4-5H,1-3H3;4-6H,3H2,1-2H3;3-5H,1-2H3. The fourth-order valence-corrected chi connectivity index (χ4v) is 3.28. The summed E-state index contributed by atoms with van der Waals surface area (Å²) in [6.07, 6.45) is 1.03. The topological polar surface area (TPSA) is 51.6 Å². The van der Waals surface area contributed by atoms with Crippen LogP contribution in [0.3, 0.4) is 0 Å². The first kappa shape index (κ1) is 29.6. The van der Waals surface area contributed by atoms with Crippen LogP contribution in [0.5, 0.6) is 0 Å². The van der Waals surface area contributed by atoms with Gasteiger partial charge in [0.05, 0.1) is 0 Å². The Morgan fingerprint density at radius 2 is 0.943 bits per heavy atom. The van der Waals surface area contributed by atoms with E-state index in [1.807, 2.05) is 90.9 Å². The number of aromatic nitrogens is 4. The third-order valence-electron chi connectivity index (χ3n) is 5.05. The maximum atomic E-state index is 4.29. The average molecular weight is 471 g/mol. The lowest BCUT2D eigenvalue weighted by molar-refractivity contribution is 1.01. The number of hydrogen-bond donors (Lipinski definition) is 0. The zero-order chi connectivity index (χ0) is 26.4. The first-order chi connectivity index (χ1) is 16.5. The summed E-state index contributed by atoms with van der Waals surface area (Å²) >= 11 is 0. The van der Waals surface area contributed by atoms with Crippen LogP contribution in [0.15, 0.2) is 60.7 Å². The molecular formula is C31H42N4. The summed E-state index contributed by atoms with van der Waals surface area (Å²) in [6.45, 7) is 20.3. The van der Waals surface area contributed by atoms with Gasteiger partial charge in [-0.25, -0.2) is 0 Å². The molecule has 0 aliphatic heterocycles. The molecule has 0 atom stereocenters. The molecule has 0 saturated heterocycles. The second-order valence-corrected chi connectivity index (χ2v) is 8.83. The molecule has 0 aromatic carbocycles. The Kier molecular flexibility index (Phi) is 13.1. The molecule has 4 heterocycles. The van der Waals surface area contributed by atoms with Crippen molar-refractivity contribution in [1.29, 1.82) is 0 Å². The average Bonchev–Trinajstić information content (AvgIpc) is 2.77. The second-order valence-electron chi connectivity index (χ2n) is 8.83. The lowest BCUT2D eigenvalue weighted by Gasteiger charge is -1.97. The van der Waals surface area contributed by atoms with E-state index >= 15 is 0 Å². The molecule has 0 radical (unpaired) electrons. The van der Waals surface area contributed by atoms with Crippen LogP contribution in [0.1, 0.15) is 63.6 Å². The maximum absolute atomic E-state index is 4.29. The van der Waals surface area contributed by atoms with Crippen molar-refractivity contribution in [1.82, 2.24) is 19.9 Å². The molecule has 0 aliphatic rings. The molecule has 35 heavy (non-hydrogen) atoms. The van der Waals surface area contributed by atoms with Crippen molar-refractivity contribution in [3.05, 3.63) is 117 Å². The predicted octanol–water partition coefficient (Wildman–Crippen LogP) is 7.66. The van der Waals surface area contributed by atoms with E-state index in [1.165, 1.54) is 16.8 Å². The van der Waals surface area contributed by atoms with Crippen molar-refractivity contribution in [3.63, 3.8) is 0 Å². The molecule has 0 spiro atoms. The molecule has 0 aliphatic carbocycles. The molecule has 0 N–H and O–H groups in total. The van der Waals surface area contributed by atoms with Gasteiger partial charge < -0.3 is 0 Å². The van der Waals surface area contributed by atoms with Gasteiger partial charge in [-0.15, -0.1) is 0 Å². The summed E-state index contributed by atoms with van der Waals surface area (Å²) in [5.41, 5.74) is 11.5. The molecule has 4 aromatic rings. The van der Waals surface area contributed by atoms with Crippen molar-refractivity contribution >= 4 is 0 Å². The highest BCUT2D eigenvalue weighted by Crippen LogP contribution is 2.03. The summed E-state index contributed by atoms with van der Waals surface area (Å²) in [7, 11) is 0. The number of hydrogen-bond acceptors (Lipinski definition) is 4. The van der Waals surface area contributed by atoms with E-state index in [-0.39, 0.29) is 0 Å². The van der Waals surface area contributed by atoms with Gasteiger partial charge in [-0.3, -0.25) is 19.9 Å². The van der Waals surface area contributed by atoms with Crippen molar-refractivity contribution in [2.24, 2.45) is 0 Å². The van der Waals surface area contributed by atoms with Gasteiger partial charge in [-0.1, -0.05) is 25.1 Å². The van der Waals surface area contributed by atoms with Gasteiger partial charge in [0, 0.05) is 45.6 Å². The van der Waals surface area contributed by atoms with Gasteiger partial charge in [0.1, 0.15) is 0 Å². The molecule has 0 amide bonds. The summed E-state index contributed by atoms with van der Waals surface area (Å²) in [5.74, 6) is 0. The van der Waals surface area contributed by atoms with Crippen molar-refractivity contribution in [3.8, 4) is 0 Å².